The average molecular weight is 355 g/mol. The van der Waals surface area contributed by atoms with Gasteiger partial charge < -0.3 is 15.4 Å². The molecule has 1 aromatic carbocycles. The fourth-order valence-corrected chi connectivity index (χ4v) is 2.45. The third kappa shape index (κ3) is 2.97. The Balaban J connectivity index is 2.32. The van der Waals surface area contributed by atoms with E-state index in [0.717, 1.165) is 0 Å². The summed E-state index contributed by atoms with van der Waals surface area (Å²) in [5, 5.41) is 11.6. The summed E-state index contributed by atoms with van der Waals surface area (Å²) in [5.41, 5.74) is 1.48. The average Bonchev–Trinajstić information content (AvgIpc) is 2.69. The van der Waals surface area contributed by atoms with Gasteiger partial charge in [0.05, 0.1) is 10.0 Å². The lowest BCUT2D eigenvalue weighted by Gasteiger charge is -2.07. The molecule has 3 N–H and O–H groups in total. The Morgan fingerprint density at radius 3 is 2.52 bits per heavy atom. The quantitative estimate of drug-likeness (QED) is 0.788. The first-order valence-corrected chi connectivity index (χ1v) is 6.79. The molecule has 0 atom stereocenters. The van der Waals surface area contributed by atoms with E-state index in [-0.39, 0.29) is 15.7 Å². The van der Waals surface area contributed by atoms with Gasteiger partial charge in [-0.1, -0.05) is 0 Å². The maximum Gasteiger partial charge on any atom is 0.352 e. The van der Waals surface area contributed by atoms with Crippen LogP contribution in [0, 0.1) is 19.7 Å². The Labute approximate surface area is 128 Å². The van der Waals surface area contributed by atoms with Crippen molar-refractivity contribution in [2.45, 2.75) is 13.8 Å². The second-order valence-corrected chi connectivity index (χ2v) is 5.37. The van der Waals surface area contributed by atoms with Crippen LogP contribution in [0.4, 0.5) is 10.1 Å². The number of benzene rings is 1. The van der Waals surface area contributed by atoms with Gasteiger partial charge in [0.1, 0.15) is 11.5 Å². The molecule has 2 aromatic rings. The van der Waals surface area contributed by atoms with Crippen molar-refractivity contribution in [3.8, 4) is 0 Å². The van der Waals surface area contributed by atoms with Crippen LogP contribution in [0.3, 0.4) is 0 Å². The predicted molar refractivity (Wildman–Crippen MR) is 79.3 cm³/mol. The number of amides is 1. The first kappa shape index (κ1) is 15.2. The summed E-state index contributed by atoms with van der Waals surface area (Å²) < 4.78 is 13.4. The summed E-state index contributed by atoms with van der Waals surface area (Å²) in [4.78, 5) is 26.0. The molecular weight excluding hydrogens is 343 g/mol. The number of aryl methyl sites for hydroxylation is 1. The zero-order valence-corrected chi connectivity index (χ0v) is 12.8. The van der Waals surface area contributed by atoms with Gasteiger partial charge in [-0.05, 0) is 53.5 Å². The summed E-state index contributed by atoms with van der Waals surface area (Å²) in [6.07, 6.45) is 0. The highest BCUT2D eigenvalue weighted by Crippen LogP contribution is 2.23. The molecule has 21 heavy (non-hydrogen) atoms. The highest BCUT2D eigenvalue weighted by atomic mass is 79.9. The number of hydrogen-bond acceptors (Lipinski definition) is 2. The monoisotopic (exact) mass is 354 g/mol. The van der Waals surface area contributed by atoms with Crippen LogP contribution in [0.25, 0.3) is 0 Å². The molecule has 7 heteroatoms. The number of aromatic amines is 1. The van der Waals surface area contributed by atoms with Gasteiger partial charge in [-0.2, -0.15) is 0 Å². The molecule has 0 spiro atoms. The number of aromatic carboxylic acids is 1. The molecule has 0 aliphatic rings. The van der Waals surface area contributed by atoms with E-state index in [4.69, 9.17) is 5.11 Å². The molecule has 5 nitrogen and oxygen atoms in total. The molecule has 1 heterocycles. The van der Waals surface area contributed by atoms with Gasteiger partial charge in [-0.25, -0.2) is 9.18 Å². The molecule has 110 valence electrons. The van der Waals surface area contributed by atoms with Crippen molar-refractivity contribution in [1.82, 2.24) is 4.98 Å². The number of carboxylic acid groups (broad SMARTS) is 1. The lowest BCUT2D eigenvalue weighted by Crippen LogP contribution is -2.14. The summed E-state index contributed by atoms with van der Waals surface area (Å²) >= 11 is 3.03. The van der Waals surface area contributed by atoms with Crippen molar-refractivity contribution in [3.63, 3.8) is 0 Å². The number of hydrogen-bond donors (Lipinski definition) is 3. The molecule has 2 rings (SSSR count). The van der Waals surface area contributed by atoms with Crippen LogP contribution >= 0.6 is 15.9 Å². The SMILES string of the molecule is Cc1[nH]c(C(=O)O)c(C)c1C(=O)Nc1ccc(F)c(Br)c1. The molecule has 0 aliphatic heterocycles. The first-order chi connectivity index (χ1) is 9.81. The fraction of sp³-hybridized carbons (Fsp3) is 0.143. The number of carbonyl (C=O) groups is 2. The molecule has 1 aromatic heterocycles. The van der Waals surface area contributed by atoms with E-state index in [0.29, 0.717) is 16.9 Å². The Kier molecular flexibility index (Phi) is 4.13. The molecule has 0 unspecified atom stereocenters. The van der Waals surface area contributed by atoms with Crippen molar-refractivity contribution >= 4 is 33.5 Å². The van der Waals surface area contributed by atoms with Crippen LogP contribution in [-0.4, -0.2) is 22.0 Å². The first-order valence-electron chi connectivity index (χ1n) is 6.00. The lowest BCUT2D eigenvalue weighted by atomic mass is 10.1. The van der Waals surface area contributed by atoms with Crippen LogP contribution in [-0.2, 0) is 0 Å². The number of carboxylic acids is 1. The molecule has 0 saturated carbocycles. The Bertz CT molecular complexity index is 740. The van der Waals surface area contributed by atoms with Crippen LogP contribution in [0.15, 0.2) is 22.7 Å². The second-order valence-electron chi connectivity index (χ2n) is 4.51. The molecule has 0 radical (unpaired) electrons. The van der Waals surface area contributed by atoms with E-state index in [9.17, 15) is 14.0 Å². The van der Waals surface area contributed by atoms with E-state index < -0.39 is 17.7 Å². The summed E-state index contributed by atoms with van der Waals surface area (Å²) in [7, 11) is 0. The maximum atomic E-state index is 13.1. The van der Waals surface area contributed by atoms with Crippen molar-refractivity contribution in [3.05, 3.63) is 51.0 Å². The number of carbonyl (C=O) groups excluding carboxylic acids is 1. The summed E-state index contributed by atoms with van der Waals surface area (Å²) in [5.74, 6) is -2.01. The van der Waals surface area contributed by atoms with E-state index in [1.54, 1.807) is 13.8 Å². The molecule has 1 amide bonds. The summed E-state index contributed by atoms with van der Waals surface area (Å²) in [6.45, 7) is 3.18. The largest absolute Gasteiger partial charge is 0.477 e. The number of aromatic nitrogens is 1. The zero-order chi connectivity index (χ0) is 15.7. The minimum Gasteiger partial charge on any atom is -0.477 e. The number of H-pyrrole nitrogens is 1. The van der Waals surface area contributed by atoms with E-state index in [2.05, 4.69) is 26.2 Å². The zero-order valence-electron chi connectivity index (χ0n) is 11.3. The molecule has 0 fully saturated rings. The van der Waals surface area contributed by atoms with Crippen molar-refractivity contribution in [2.75, 3.05) is 5.32 Å². The third-order valence-corrected chi connectivity index (χ3v) is 3.66. The maximum absolute atomic E-state index is 13.1. The Hall–Kier alpha value is -2.15. The van der Waals surface area contributed by atoms with Gasteiger partial charge in [0, 0.05) is 11.4 Å². The lowest BCUT2D eigenvalue weighted by molar-refractivity contribution is 0.0690. The predicted octanol–water partition coefficient (Wildman–Crippen LogP) is 3.48. The minimum absolute atomic E-state index is 0.0158. The second kappa shape index (κ2) is 5.69. The molecular formula is C14H12BrFN2O3. The Morgan fingerprint density at radius 1 is 1.33 bits per heavy atom. The molecule has 0 aliphatic carbocycles. The smallest absolute Gasteiger partial charge is 0.352 e. The van der Waals surface area contributed by atoms with Crippen LogP contribution in [0.5, 0.6) is 0 Å². The number of anilines is 1. The van der Waals surface area contributed by atoms with Crippen molar-refractivity contribution in [1.29, 1.82) is 0 Å². The standard InChI is InChI=1S/C14H12BrFN2O3/c1-6-11(7(2)17-12(6)14(20)21)13(19)18-8-3-4-10(16)9(15)5-8/h3-5,17H,1-2H3,(H,18,19)(H,20,21). The number of halogens is 2. The summed E-state index contributed by atoms with van der Waals surface area (Å²) in [6, 6.07) is 4.08. The van der Waals surface area contributed by atoms with E-state index >= 15 is 0 Å². The number of nitrogens with one attached hydrogen (secondary N) is 2. The third-order valence-electron chi connectivity index (χ3n) is 3.06. The van der Waals surface area contributed by atoms with Crippen molar-refractivity contribution < 1.29 is 19.1 Å². The van der Waals surface area contributed by atoms with Gasteiger partial charge in [0.15, 0.2) is 0 Å². The van der Waals surface area contributed by atoms with Crippen LogP contribution in [0.2, 0.25) is 0 Å². The normalized spacial score (nSPS) is 10.5. The van der Waals surface area contributed by atoms with Gasteiger partial charge in [-0.15, -0.1) is 0 Å². The molecule has 0 saturated heterocycles. The topological polar surface area (TPSA) is 82.2 Å². The molecule has 0 bridgehead atoms. The van der Waals surface area contributed by atoms with E-state index in [1.165, 1.54) is 18.2 Å². The van der Waals surface area contributed by atoms with Crippen molar-refractivity contribution in [2.24, 2.45) is 0 Å². The minimum atomic E-state index is -1.13. The highest BCUT2D eigenvalue weighted by Gasteiger charge is 2.21. The van der Waals surface area contributed by atoms with Gasteiger partial charge in [0.2, 0.25) is 0 Å². The van der Waals surface area contributed by atoms with Crippen LogP contribution in [0.1, 0.15) is 32.1 Å². The Morgan fingerprint density at radius 2 is 2.00 bits per heavy atom. The van der Waals surface area contributed by atoms with E-state index in [1.807, 2.05) is 0 Å². The van der Waals surface area contributed by atoms with Gasteiger partial charge in [-0.3, -0.25) is 4.79 Å². The van der Waals surface area contributed by atoms with Crippen LogP contribution < -0.4 is 5.32 Å². The van der Waals surface area contributed by atoms with Gasteiger partial charge >= 0.3 is 5.97 Å². The fourth-order valence-electron chi connectivity index (χ4n) is 2.07. The van der Waals surface area contributed by atoms with Gasteiger partial charge in [0.25, 0.3) is 5.91 Å². The number of rotatable bonds is 3. The highest BCUT2D eigenvalue weighted by molar-refractivity contribution is 9.10.